The summed E-state index contributed by atoms with van der Waals surface area (Å²) in [6, 6.07) is 30.4. The van der Waals surface area contributed by atoms with Crippen LogP contribution >= 0.6 is 0 Å². The monoisotopic (exact) mass is 882 g/mol. The predicted molar refractivity (Wildman–Crippen MR) is 233 cm³/mol. The third kappa shape index (κ3) is 11.6. The summed E-state index contributed by atoms with van der Waals surface area (Å²) in [4.78, 5) is 12.9. The lowest BCUT2D eigenvalue weighted by molar-refractivity contribution is -0.388. The van der Waals surface area contributed by atoms with E-state index in [-0.39, 0.29) is 18.3 Å². The normalized spacial score (nSPS) is 30.1. The van der Waals surface area contributed by atoms with Gasteiger partial charge in [-0.3, -0.25) is 0 Å². The molecule has 0 unspecified atom stereocenters. The van der Waals surface area contributed by atoms with Gasteiger partial charge in [-0.1, -0.05) is 131 Å². The molecule has 3 aromatic rings. The van der Waals surface area contributed by atoms with Gasteiger partial charge in [0.25, 0.3) is 8.32 Å². The topological polar surface area (TPSA) is 161 Å². The van der Waals surface area contributed by atoms with Crippen molar-refractivity contribution >= 4 is 32.7 Å². The Morgan fingerprint density at radius 1 is 0.721 bits per heavy atom. The third-order valence-corrected chi connectivity index (χ3v) is 17.8. The fourth-order valence-corrected chi connectivity index (χ4v) is 13.4. The summed E-state index contributed by atoms with van der Waals surface area (Å²) in [6.07, 6.45) is -13.3. The SMILES string of the molecule is CC(C)(C)OC(=O)CO[C@@H]1[C@@H](O)[C@H](O[C@H]2[C@H](O)[C@@H](O)[C@H](OCC[Si](C)(C)C)O[C@@H]2CO[Si](c2ccccc2)(c2ccccc2)C(C)(C)C)O[C@@H]2CO[C@H](c3ccccc3)O[C@H]12. The van der Waals surface area contributed by atoms with Crippen LogP contribution in [0.1, 0.15) is 53.4 Å². The third-order valence-electron chi connectivity index (χ3n) is 11.1. The van der Waals surface area contributed by atoms with Crippen LogP contribution in [0.5, 0.6) is 0 Å². The number of benzene rings is 3. The number of esters is 1. The molecule has 0 spiro atoms. The molecule has 0 radical (unpaired) electrons. The molecule has 336 valence electrons. The molecule has 3 aliphatic heterocycles. The molecule has 0 bridgehead atoms. The molecule has 3 N–H and O–H groups in total. The maximum absolute atomic E-state index is 12.9. The number of carbonyl (C=O) groups is 1. The van der Waals surface area contributed by atoms with Crippen molar-refractivity contribution in [1.82, 2.24) is 0 Å². The van der Waals surface area contributed by atoms with E-state index in [1.807, 2.05) is 66.7 Å². The van der Waals surface area contributed by atoms with Crippen LogP contribution in [-0.4, -0.2) is 131 Å². The summed E-state index contributed by atoms with van der Waals surface area (Å²) >= 11 is 0. The Morgan fingerprint density at radius 2 is 1.31 bits per heavy atom. The smallest absolute Gasteiger partial charge is 0.332 e. The average molecular weight is 883 g/mol. The van der Waals surface area contributed by atoms with Crippen LogP contribution in [0.3, 0.4) is 0 Å². The summed E-state index contributed by atoms with van der Waals surface area (Å²) in [5.74, 6) is -0.633. The summed E-state index contributed by atoms with van der Waals surface area (Å²) in [5, 5.41) is 37.3. The molecular formula is C46H66O13Si2. The van der Waals surface area contributed by atoms with Crippen LogP contribution in [0, 0.1) is 0 Å². The minimum absolute atomic E-state index is 0.0306. The number of aliphatic hydroxyl groups is 3. The second-order valence-electron chi connectivity index (χ2n) is 19.4. The van der Waals surface area contributed by atoms with Gasteiger partial charge in [0.2, 0.25) is 0 Å². The standard InChI is InChI=1S/C46H66O13Si2/c1-45(2,3)59-35(47)29-52-41-38(50)44(56-33-27-53-42(58-40(33)41)30-19-13-10-14-20-30)57-39-34(55-43(37(49)36(39)48)51-25-26-60(7,8)9)28-54-61(46(4,5)6,31-21-15-11-16-22-31)32-23-17-12-18-24-32/h10-24,33-34,36-44,48-50H,25-29H2,1-9H3/t33-,34-,36-,37-,38-,39-,40+,41-,42+,43-,44+/m1/s1. The van der Waals surface area contributed by atoms with Gasteiger partial charge in [-0.25, -0.2) is 4.79 Å². The Hall–Kier alpha value is -2.88. The van der Waals surface area contributed by atoms with Gasteiger partial charge < -0.3 is 57.6 Å². The zero-order valence-corrected chi connectivity index (χ0v) is 39.0. The highest BCUT2D eigenvalue weighted by Crippen LogP contribution is 2.40. The highest BCUT2D eigenvalue weighted by molar-refractivity contribution is 6.99. The van der Waals surface area contributed by atoms with Gasteiger partial charge in [0.15, 0.2) is 18.9 Å². The molecule has 11 atom stereocenters. The van der Waals surface area contributed by atoms with Crippen molar-refractivity contribution in [2.24, 2.45) is 0 Å². The summed E-state index contributed by atoms with van der Waals surface area (Å²) < 4.78 is 57.0. The van der Waals surface area contributed by atoms with Crippen molar-refractivity contribution in [3.8, 4) is 0 Å². The van der Waals surface area contributed by atoms with Crippen molar-refractivity contribution in [2.45, 2.75) is 146 Å². The van der Waals surface area contributed by atoms with E-state index in [1.54, 1.807) is 20.8 Å². The van der Waals surface area contributed by atoms with E-state index in [1.165, 1.54) is 0 Å². The number of fused-ring (bicyclic) bond motifs is 1. The first-order valence-corrected chi connectivity index (χ1v) is 26.9. The first kappa shape index (κ1) is 47.6. The highest BCUT2D eigenvalue weighted by atomic mass is 28.4. The summed E-state index contributed by atoms with van der Waals surface area (Å²) in [6.45, 7) is 18.2. The molecule has 0 aliphatic carbocycles. The molecule has 3 aliphatic rings. The van der Waals surface area contributed by atoms with E-state index >= 15 is 0 Å². The zero-order chi connectivity index (χ0) is 44.2. The second kappa shape index (κ2) is 19.9. The lowest BCUT2D eigenvalue weighted by Gasteiger charge is -2.50. The first-order valence-electron chi connectivity index (χ1n) is 21.3. The molecule has 0 amide bonds. The van der Waals surface area contributed by atoms with Gasteiger partial charge in [0.1, 0.15) is 61.0 Å². The highest BCUT2D eigenvalue weighted by Gasteiger charge is 2.56. The van der Waals surface area contributed by atoms with E-state index in [2.05, 4.69) is 64.7 Å². The van der Waals surface area contributed by atoms with Gasteiger partial charge in [0.05, 0.1) is 13.2 Å². The fraction of sp³-hybridized carbons (Fsp3) is 0.587. The fourth-order valence-electron chi connectivity index (χ4n) is 8.13. The Bertz CT molecular complexity index is 1780. The lowest BCUT2D eigenvalue weighted by Crippen LogP contribution is -2.69. The van der Waals surface area contributed by atoms with Crippen LogP contribution in [0.25, 0.3) is 0 Å². The molecule has 6 rings (SSSR count). The largest absolute Gasteiger partial charge is 0.458 e. The van der Waals surface area contributed by atoms with Crippen molar-refractivity contribution in [3.05, 3.63) is 96.6 Å². The second-order valence-corrected chi connectivity index (χ2v) is 29.3. The maximum atomic E-state index is 12.9. The number of aliphatic hydroxyl groups excluding tert-OH is 3. The Kier molecular flexibility index (Phi) is 15.5. The van der Waals surface area contributed by atoms with Crippen LogP contribution in [0.4, 0.5) is 0 Å². The Labute approximate surface area is 362 Å². The van der Waals surface area contributed by atoms with Gasteiger partial charge in [-0.15, -0.1) is 0 Å². The molecule has 0 saturated carbocycles. The Morgan fingerprint density at radius 3 is 1.87 bits per heavy atom. The molecule has 3 fully saturated rings. The number of rotatable bonds is 15. The van der Waals surface area contributed by atoms with E-state index in [0.717, 1.165) is 22.0 Å². The van der Waals surface area contributed by atoms with E-state index in [9.17, 15) is 20.1 Å². The molecule has 3 aromatic carbocycles. The Balaban J connectivity index is 1.31. The van der Waals surface area contributed by atoms with Crippen molar-refractivity contribution in [3.63, 3.8) is 0 Å². The minimum atomic E-state index is -3.14. The van der Waals surface area contributed by atoms with Gasteiger partial charge in [-0.05, 0) is 42.2 Å². The van der Waals surface area contributed by atoms with Gasteiger partial charge in [0, 0.05) is 20.2 Å². The van der Waals surface area contributed by atoms with Crippen molar-refractivity contribution in [2.75, 3.05) is 26.4 Å². The van der Waals surface area contributed by atoms with Gasteiger partial charge in [-0.2, -0.15) is 0 Å². The van der Waals surface area contributed by atoms with E-state index in [0.29, 0.717) is 6.61 Å². The average Bonchev–Trinajstić information content (AvgIpc) is 3.20. The summed E-state index contributed by atoms with van der Waals surface area (Å²) in [5.41, 5.74) is -0.0162. The molecule has 61 heavy (non-hydrogen) atoms. The molecule has 15 heteroatoms. The van der Waals surface area contributed by atoms with Crippen molar-refractivity contribution < 1.29 is 62.4 Å². The molecule has 0 aromatic heterocycles. The number of hydrogen-bond acceptors (Lipinski definition) is 13. The van der Waals surface area contributed by atoms with E-state index < -0.39 is 102 Å². The summed E-state index contributed by atoms with van der Waals surface area (Å²) in [7, 11) is -4.67. The minimum Gasteiger partial charge on any atom is -0.458 e. The van der Waals surface area contributed by atoms with Gasteiger partial charge >= 0.3 is 5.97 Å². The van der Waals surface area contributed by atoms with Crippen molar-refractivity contribution in [1.29, 1.82) is 0 Å². The molecule has 3 heterocycles. The maximum Gasteiger partial charge on any atom is 0.332 e. The number of hydrogen-bond donors (Lipinski definition) is 3. The predicted octanol–water partition coefficient (Wildman–Crippen LogP) is 4.68. The first-order chi connectivity index (χ1) is 28.8. The zero-order valence-electron chi connectivity index (χ0n) is 37.0. The van der Waals surface area contributed by atoms with Crippen LogP contribution < -0.4 is 10.4 Å². The van der Waals surface area contributed by atoms with E-state index in [4.69, 9.17) is 42.3 Å². The number of carbonyl (C=O) groups excluding carboxylic acids is 1. The molecule has 13 nitrogen and oxygen atoms in total. The molecular weight excluding hydrogens is 817 g/mol. The number of ether oxygens (including phenoxy) is 8. The van der Waals surface area contributed by atoms with Crippen LogP contribution in [0.15, 0.2) is 91.0 Å². The van der Waals surface area contributed by atoms with Crippen LogP contribution in [-0.2, 0) is 47.1 Å². The van der Waals surface area contributed by atoms with Crippen LogP contribution in [0.2, 0.25) is 30.7 Å². The molecule has 3 saturated heterocycles. The quantitative estimate of drug-likeness (QED) is 0.143. The lowest BCUT2D eigenvalue weighted by atomic mass is 9.96.